The first-order chi connectivity index (χ1) is 10.9. The van der Waals surface area contributed by atoms with Crippen LogP contribution in [0.3, 0.4) is 0 Å². The second-order valence-corrected chi connectivity index (χ2v) is 7.05. The first-order valence-electron chi connectivity index (χ1n) is 7.77. The van der Waals surface area contributed by atoms with E-state index in [1.807, 2.05) is 11.3 Å². The van der Waals surface area contributed by atoms with Crippen molar-refractivity contribution in [3.05, 3.63) is 41.1 Å². The van der Waals surface area contributed by atoms with Crippen LogP contribution in [0.15, 0.2) is 36.2 Å². The van der Waals surface area contributed by atoms with Gasteiger partial charge in [0, 0.05) is 50.1 Å². The third-order valence-electron chi connectivity index (χ3n) is 4.46. The van der Waals surface area contributed by atoms with Crippen molar-refractivity contribution in [1.29, 1.82) is 0 Å². The molecular weight excluding hydrogens is 296 g/mol. The summed E-state index contributed by atoms with van der Waals surface area (Å²) >= 11 is 1.85. The van der Waals surface area contributed by atoms with E-state index in [0.717, 1.165) is 44.9 Å². The zero-order valence-corrected chi connectivity index (χ0v) is 13.3. The van der Waals surface area contributed by atoms with Crippen LogP contribution in [0.25, 0.3) is 0 Å². The molecule has 116 valence electrons. The second kappa shape index (κ2) is 6.32. The minimum Gasteiger partial charge on any atom is -0.486 e. The van der Waals surface area contributed by atoms with Gasteiger partial charge in [-0.05, 0) is 11.4 Å². The van der Waals surface area contributed by atoms with E-state index in [-0.39, 0.29) is 6.10 Å². The van der Waals surface area contributed by atoms with Crippen molar-refractivity contribution in [2.45, 2.75) is 25.1 Å². The number of hydrogen-bond donors (Lipinski definition) is 0. The molecule has 0 spiro atoms. The quantitative estimate of drug-likeness (QED) is 0.861. The zero-order valence-electron chi connectivity index (χ0n) is 12.5. The van der Waals surface area contributed by atoms with Crippen LogP contribution in [0.4, 0.5) is 0 Å². The summed E-state index contributed by atoms with van der Waals surface area (Å²) in [5, 5.41) is 2.16. The van der Waals surface area contributed by atoms with Crippen molar-refractivity contribution in [3.8, 4) is 5.75 Å². The standard InChI is InChI=1S/C16H20N4OS/c1-2-16(22-5-1)11-19-3-4-20-10-14(6-13(20)9-19)21-15-7-17-12-18-8-15/h1-2,5,7-8,12-14H,3-4,6,9-11H2/t13-,14+/m0/s1. The first-order valence-corrected chi connectivity index (χ1v) is 8.65. The minimum atomic E-state index is 0.262. The first kappa shape index (κ1) is 14.1. The lowest BCUT2D eigenvalue weighted by molar-refractivity contribution is 0.0985. The van der Waals surface area contributed by atoms with Crippen LogP contribution < -0.4 is 4.74 Å². The number of rotatable bonds is 4. The molecule has 4 heterocycles. The van der Waals surface area contributed by atoms with Crippen LogP contribution in [0.2, 0.25) is 0 Å². The Morgan fingerprint density at radius 1 is 1.23 bits per heavy atom. The predicted octanol–water partition coefficient (Wildman–Crippen LogP) is 1.88. The van der Waals surface area contributed by atoms with E-state index < -0.39 is 0 Å². The summed E-state index contributed by atoms with van der Waals surface area (Å²) in [6, 6.07) is 4.98. The monoisotopic (exact) mass is 316 g/mol. The molecule has 5 nitrogen and oxygen atoms in total. The van der Waals surface area contributed by atoms with Gasteiger partial charge in [-0.1, -0.05) is 6.07 Å². The Morgan fingerprint density at radius 2 is 2.14 bits per heavy atom. The Hall–Kier alpha value is -1.50. The third kappa shape index (κ3) is 3.14. The molecule has 6 heteroatoms. The molecule has 0 amide bonds. The van der Waals surface area contributed by atoms with Crippen molar-refractivity contribution in [1.82, 2.24) is 19.8 Å². The summed E-state index contributed by atoms with van der Waals surface area (Å²) in [4.78, 5) is 14.6. The van der Waals surface area contributed by atoms with E-state index >= 15 is 0 Å². The molecule has 0 aliphatic carbocycles. The van der Waals surface area contributed by atoms with Crippen molar-refractivity contribution in [2.24, 2.45) is 0 Å². The Balaban J connectivity index is 1.33. The molecule has 2 fully saturated rings. The molecule has 0 aromatic carbocycles. The molecule has 0 unspecified atom stereocenters. The fraction of sp³-hybridized carbons (Fsp3) is 0.500. The number of nitrogens with zero attached hydrogens (tertiary/aromatic N) is 4. The van der Waals surface area contributed by atoms with Gasteiger partial charge in [-0.3, -0.25) is 9.80 Å². The van der Waals surface area contributed by atoms with Gasteiger partial charge < -0.3 is 4.74 Å². The van der Waals surface area contributed by atoms with Gasteiger partial charge in [-0.2, -0.15) is 0 Å². The Bertz CT molecular complexity index is 591. The van der Waals surface area contributed by atoms with Crippen LogP contribution in [0.5, 0.6) is 5.75 Å². The lowest BCUT2D eigenvalue weighted by Gasteiger charge is -2.36. The number of hydrogen-bond acceptors (Lipinski definition) is 6. The third-order valence-corrected chi connectivity index (χ3v) is 5.32. The summed E-state index contributed by atoms with van der Waals surface area (Å²) in [5.41, 5.74) is 0. The minimum absolute atomic E-state index is 0.262. The number of ether oxygens (including phenoxy) is 1. The van der Waals surface area contributed by atoms with Crippen LogP contribution in [0, 0.1) is 0 Å². The molecule has 2 aromatic rings. The summed E-state index contributed by atoms with van der Waals surface area (Å²) in [7, 11) is 0. The van der Waals surface area contributed by atoms with Gasteiger partial charge in [-0.25, -0.2) is 9.97 Å². The van der Waals surface area contributed by atoms with Crippen molar-refractivity contribution < 1.29 is 4.74 Å². The summed E-state index contributed by atoms with van der Waals surface area (Å²) in [5.74, 6) is 0.780. The average Bonchev–Trinajstić information content (AvgIpc) is 3.17. The van der Waals surface area contributed by atoms with Gasteiger partial charge in [0.1, 0.15) is 12.4 Å². The number of piperazine rings is 1. The fourth-order valence-corrected chi connectivity index (χ4v) is 4.20. The maximum Gasteiger partial charge on any atom is 0.156 e. The van der Waals surface area contributed by atoms with Crippen LogP contribution in [-0.2, 0) is 6.54 Å². The molecule has 4 rings (SSSR count). The molecule has 0 bridgehead atoms. The van der Waals surface area contributed by atoms with Crippen molar-refractivity contribution in [3.63, 3.8) is 0 Å². The van der Waals surface area contributed by atoms with Crippen LogP contribution in [-0.4, -0.2) is 58.1 Å². The molecule has 0 radical (unpaired) electrons. The molecule has 2 aromatic heterocycles. The highest BCUT2D eigenvalue weighted by Gasteiger charge is 2.37. The molecule has 2 aliphatic heterocycles. The highest BCUT2D eigenvalue weighted by atomic mass is 32.1. The summed E-state index contributed by atoms with van der Waals surface area (Å²) < 4.78 is 6.03. The van der Waals surface area contributed by atoms with E-state index in [2.05, 4.69) is 37.3 Å². The summed E-state index contributed by atoms with van der Waals surface area (Å²) in [6.45, 7) is 5.53. The van der Waals surface area contributed by atoms with Gasteiger partial charge >= 0.3 is 0 Å². The lowest BCUT2D eigenvalue weighted by Crippen LogP contribution is -2.49. The van der Waals surface area contributed by atoms with Gasteiger partial charge in [0.2, 0.25) is 0 Å². The molecule has 22 heavy (non-hydrogen) atoms. The van der Waals surface area contributed by atoms with Crippen molar-refractivity contribution in [2.75, 3.05) is 26.2 Å². The maximum absolute atomic E-state index is 6.03. The topological polar surface area (TPSA) is 41.5 Å². The largest absolute Gasteiger partial charge is 0.486 e. The lowest BCUT2D eigenvalue weighted by atomic mass is 10.1. The Kier molecular flexibility index (Phi) is 4.05. The van der Waals surface area contributed by atoms with E-state index in [4.69, 9.17) is 4.74 Å². The van der Waals surface area contributed by atoms with E-state index in [1.165, 1.54) is 11.2 Å². The molecule has 2 aliphatic rings. The van der Waals surface area contributed by atoms with Crippen LogP contribution in [0.1, 0.15) is 11.3 Å². The average molecular weight is 316 g/mol. The number of thiophene rings is 1. The highest BCUT2D eigenvalue weighted by molar-refractivity contribution is 7.09. The number of fused-ring (bicyclic) bond motifs is 1. The SMILES string of the molecule is c1csc(CN2CCN3C[C@H](Oc4cncnc4)C[C@H]3C2)c1. The molecule has 2 saturated heterocycles. The van der Waals surface area contributed by atoms with Gasteiger partial charge in [0.25, 0.3) is 0 Å². The van der Waals surface area contributed by atoms with Gasteiger partial charge in [-0.15, -0.1) is 11.3 Å². The predicted molar refractivity (Wildman–Crippen MR) is 86.0 cm³/mol. The van der Waals surface area contributed by atoms with Gasteiger partial charge in [0.15, 0.2) is 5.75 Å². The summed E-state index contributed by atoms with van der Waals surface area (Å²) in [6.07, 6.45) is 6.38. The molecule has 2 atom stereocenters. The van der Waals surface area contributed by atoms with E-state index in [0.29, 0.717) is 6.04 Å². The van der Waals surface area contributed by atoms with Crippen molar-refractivity contribution >= 4 is 11.3 Å². The van der Waals surface area contributed by atoms with E-state index in [1.54, 1.807) is 12.4 Å². The smallest absolute Gasteiger partial charge is 0.156 e. The van der Waals surface area contributed by atoms with Gasteiger partial charge in [0.05, 0.1) is 12.4 Å². The fourth-order valence-electron chi connectivity index (χ4n) is 3.45. The highest BCUT2D eigenvalue weighted by Crippen LogP contribution is 2.26. The zero-order chi connectivity index (χ0) is 14.8. The molecular formula is C16H20N4OS. The maximum atomic E-state index is 6.03. The second-order valence-electron chi connectivity index (χ2n) is 6.01. The van der Waals surface area contributed by atoms with E-state index in [9.17, 15) is 0 Å². The Labute approximate surface area is 134 Å². The van der Waals surface area contributed by atoms with Crippen LogP contribution >= 0.6 is 11.3 Å². The number of aromatic nitrogens is 2. The molecule has 0 saturated carbocycles. The Morgan fingerprint density at radius 3 is 2.95 bits per heavy atom. The molecule has 0 N–H and O–H groups in total. The normalized spacial score (nSPS) is 26.0.